The molecule has 0 aliphatic heterocycles. The summed E-state index contributed by atoms with van der Waals surface area (Å²) < 4.78 is 5.02. The largest absolute Gasteiger partial charge is 0.395 e. The zero-order valence-electron chi connectivity index (χ0n) is 10.1. The van der Waals surface area contributed by atoms with Gasteiger partial charge in [0, 0.05) is 20.2 Å². The number of hydrogen-bond acceptors (Lipinski definition) is 5. The molecule has 90 valence electrons. The third-order valence-corrected chi connectivity index (χ3v) is 2.44. The molecular weight excluding hydrogens is 206 g/mol. The molecule has 0 spiro atoms. The van der Waals surface area contributed by atoms with Crippen LogP contribution in [-0.2, 0) is 4.74 Å². The first kappa shape index (κ1) is 12.9. The zero-order valence-corrected chi connectivity index (χ0v) is 10.1. The Kier molecular flexibility index (Phi) is 5.14. The van der Waals surface area contributed by atoms with Crippen molar-refractivity contribution < 1.29 is 9.84 Å². The second-order valence-electron chi connectivity index (χ2n) is 3.60. The lowest BCUT2D eigenvalue weighted by Gasteiger charge is -2.22. The predicted molar refractivity (Wildman–Crippen MR) is 62.7 cm³/mol. The number of aromatic nitrogens is 2. The summed E-state index contributed by atoms with van der Waals surface area (Å²) in [5.41, 5.74) is 1.84. The molecule has 0 amide bonds. The van der Waals surface area contributed by atoms with E-state index >= 15 is 0 Å². The first-order valence-electron chi connectivity index (χ1n) is 5.34. The van der Waals surface area contributed by atoms with Crippen LogP contribution in [-0.4, -0.2) is 48.5 Å². The van der Waals surface area contributed by atoms with Crippen molar-refractivity contribution in [2.45, 2.75) is 13.8 Å². The highest BCUT2D eigenvalue weighted by atomic mass is 16.5. The Morgan fingerprint density at radius 1 is 1.31 bits per heavy atom. The highest BCUT2D eigenvalue weighted by molar-refractivity contribution is 5.37. The van der Waals surface area contributed by atoms with Crippen molar-refractivity contribution in [1.82, 2.24) is 9.97 Å². The predicted octanol–water partition coefficient (Wildman–Crippen LogP) is 0.539. The van der Waals surface area contributed by atoms with E-state index in [4.69, 9.17) is 9.84 Å². The zero-order chi connectivity index (χ0) is 12.0. The molecule has 5 nitrogen and oxygen atoms in total. The van der Waals surface area contributed by atoms with Gasteiger partial charge in [-0.25, -0.2) is 4.98 Å². The van der Waals surface area contributed by atoms with Crippen LogP contribution < -0.4 is 4.90 Å². The van der Waals surface area contributed by atoms with Gasteiger partial charge in [-0.1, -0.05) is 0 Å². The number of aliphatic hydroxyl groups excluding tert-OH is 1. The van der Waals surface area contributed by atoms with E-state index in [1.54, 1.807) is 13.3 Å². The molecule has 0 bridgehead atoms. The van der Waals surface area contributed by atoms with Crippen LogP contribution in [0.1, 0.15) is 11.4 Å². The van der Waals surface area contributed by atoms with Gasteiger partial charge in [0.15, 0.2) is 0 Å². The molecule has 1 heterocycles. The summed E-state index contributed by atoms with van der Waals surface area (Å²) in [7, 11) is 1.66. The van der Waals surface area contributed by atoms with Crippen molar-refractivity contribution >= 4 is 5.82 Å². The average molecular weight is 225 g/mol. The van der Waals surface area contributed by atoms with Crippen LogP contribution in [0.3, 0.4) is 0 Å². The maximum atomic E-state index is 8.99. The summed E-state index contributed by atoms with van der Waals surface area (Å²) in [5.74, 6) is 0.786. The monoisotopic (exact) mass is 225 g/mol. The van der Waals surface area contributed by atoms with Crippen LogP contribution in [0.2, 0.25) is 0 Å². The molecule has 0 atom stereocenters. The summed E-state index contributed by atoms with van der Waals surface area (Å²) in [6, 6.07) is 0. The van der Waals surface area contributed by atoms with Crippen LogP contribution in [0.15, 0.2) is 6.20 Å². The van der Waals surface area contributed by atoms with Gasteiger partial charge in [-0.2, -0.15) is 0 Å². The number of anilines is 1. The fourth-order valence-electron chi connectivity index (χ4n) is 1.35. The first-order valence-corrected chi connectivity index (χ1v) is 5.34. The standard InChI is InChI=1S/C11H19N3O2/c1-9-10(2)13-11(8-12-9)14(4-6-15)5-7-16-3/h8,15H,4-7H2,1-3H3. The molecule has 16 heavy (non-hydrogen) atoms. The summed E-state index contributed by atoms with van der Waals surface area (Å²) in [5, 5.41) is 8.99. The fraction of sp³-hybridized carbons (Fsp3) is 0.636. The lowest BCUT2D eigenvalue weighted by Crippen LogP contribution is -2.31. The molecule has 0 aliphatic carbocycles. The number of hydrogen-bond donors (Lipinski definition) is 1. The molecule has 1 aromatic heterocycles. The quantitative estimate of drug-likeness (QED) is 0.765. The molecule has 1 N–H and O–H groups in total. The molecule has 1 rings (SSSR count). The minimum atomic E-state index is 0.0956. The van der Waals surface area contributed by atoms with E-state index in [0.29, 0.717) is 19.7 Å². The van der Waals surface area contributed by atoms with Gasteiger partial charge in [-0.05, 0) is 13.8 Å². The third kappa shape index (κ3) is 3.43. The number of aryl methyl sites for hydroxylation is 2. The second kappa shape index (κ2) is 6.40. The number of methoxy groups -OCH3 is 1. The van der Waals surface area contributed by atoms with Crippen LogP contribution in [0.5, 0.6) is 0 Å². The topological polar surface area (TPSA) is 58.5 Å². The Morgan fingerprint density at radius 2 is 2.06 bits per heavy atom. The number of nitrogens with zero attached hydrogens (tertiary/aromatic N) is 3. The molecule has 0 saturated carbocycles. The molecule has 0 aliphatic rings. The summed E-state index contributed by atoms with van der Waals surface area (Å²) >= 11 is 0. The van der Waals surface area contributed by atoms with Gasteiger partial charge < -0.3 is 14.7 Å². The van der Waals surface area contributed by atoms with Crippen LogP contribution in [0.4, 0.5) is 5.82 Å². The average Bonchev–Trinajstić information content (AvgIpc) is 2.28. The van der Waals surface area contributed by atoms with Crippen molar-refractivity contribution in [2.24, 2.45) is 0 Å². The maximum absolute atomic E-state index is 8.99. The van der Waals surface area contributed by atoms with E-state index in [0.717, 1.165) is 17.2 Å². The van der Waals surface area contributed by atoms with Gasteiger partial charge in [0.05, 0.1) is 30.8 Å². The Labute approximate surface area is 96.1 Å². The van der Waals surface area contributed by atoms with Gasteiger partial charge in [-0.3, -0.25) is 4.98 Å². The number of aliphatic hydroxyl groups is 1. The third-order valence-electron chi connectivity index (χ3n) is 2.44. The van der Waals surface area contributed by atoms with Crippen molar-refractivity contribution in [3.8, 4) is 0 Å². The van der Waals surface area contributed by atoms with Gasteiger partial charge in [0.1, 0.15) is 5.82 Å². The van der Waals surface area contributed by atoms with E-state index in [1.165, 1.54) is 0 Å². The summed E-state index contributed by atoms with van der Waals surface area (Å²) in [6.45, 7) is 5.80. The lowest BCUT2D eigenvalue weighted by molar-refractivity contribution is 0.202. The van der Waals surface area contributed by atoms with E-state index in [9.17, 15) is 0 Å². The minimum Gasteiger partial charge on any atom is -0.395 e. The SMILES string of the molecule is COCCN(CCO)c1cnc(C)c(C)n1. The number of rotatable bonds is 6. The molecule has 0 fully saturated rings. The molecule has 0 aromatic carbocycles. The molecule has 5 heteroatoms. The molecule has 1 aromatic rings. The van der Waals surface area contributed by atoms with E-state index < -0.39 is 0 Å². The van der Waals surface area contributed by atoms with E-state index in [-0.39, 0.29) is 6.61 Å². The van der Waals surface area contributed by atoms with Crippen molar-refractivity contribution in [3.63, 3.8) is 0 Å². The Bertz CT molecular complexity index is 331. The van der Waals surface area contributed by atoms with Crippen molar-refractivity contribution in [2.75, 3.05) is 38.3 Å². The molecule has 0 saturated heterocycles. The Morgan fingerprint density at radius 3 is 2.62 bits per heavy atom. The molecular formula is C11H19N3O2. The smallest absolute Gasteiger partial charge is 0.147 e. The van der Waals surface area contributed by atoms with Crippen LogP contribution >= 0.6 is 0 Å². The number of ether oxygens (including phenoxy) is 1. The van der Waals surface area contributed by atoms with Gasteiger partial charge >= 0.3 is 0 Å². The van der Waals surface area contributed by atoms with Crippen molar-refractivity contribution in [1.29, 1.82) is 0 Å². The van der Waals surface area contributed by atoms with Crippen LogP contribution in [0.25, 0.3) is 0 Å². The van der Waals surface area contributed by atoms with Gasteiger partial charge in [0.2, 0.25) is 0 Å². The van der Waals surface area contributed by atoms with Gasteiger partial charge in [0.25, 0.3) is 0 Å². The van der Waals surface area contributed by atoms with E-state index in [1.807, 2.05) is 18.7 Å². The van der Waals surface area contributed by atoms with Crippen molar-refractivity contribution in [3.05, 3.63) is 17.6 Å². The van der Waals surface area contributed by atoms with Gasteiger partial charge in [-0.15, -0.1) is 0 Å². The Hall–Kier alpha value is -1.20. The lowest BCUT2D eigenvalue weighted by atomic mass is 10.3. The second-order valence-corrected chi connectivity index (χ2v) is 3.60. The summed E-state index contributed by atoms with van der Waals surface area (Å²) in [6.07, 6.45) is 1.73. The maximum Gasteiger partial charge on any atom is 0.147 e. The molecule has 0 unspecified atom stereocenters. The minimum absolute atomic E-state index is 0.0956. The highest BCUT2D eigenvalue weighted by Gasteiger charge is 2.08. The Balaban J connectivity index is 2.78. The van der Waals surface area contributed by atoms with Crippen LogP contribution in [0, 0.1) is 13.8 Å². The normalized spacial score (nSPS) is 10.5. The van der Waals surface area contributed by atoms with E-state index in [2.05, 4.69) is 9.97 Å². The molecule has 0 radical (unpaired) electrons. The highest BCUT2D eigenvalue weighted by Crippen LogP contribution is 2.11. The first-order chi connectivity index (χ1) is 7.69. The fourth-order valence-corrected chi connectivity index (χ4v) is 1.35. The summed E-state index contributed by atoms with van der Waals surface area (Å²) in [4.78, 5) is 10.7.